The Kier molecular flexibility index (Phi) is 7.29. The van der Waals surface area contributed by atoms with E-state index in [1.54, 1.807) is 43.9 Å². The molecule has 1 aromatic heterocycles. The Labute approximate surface area is 167 Å². The number of oxime groups is 1. The summed E-state index contributed by atoms with van der Waals surface area (Å²) in [6, 6.07) is 5.33. The molecule has 1 heterocycles. The van der Waals surface area contributed by atoms with Crippen molar-refractivity contribution in [2.45, 2.75) is 30.6 Å². The molecule has 0 spiro atoms. The van der Waals surface area contributed by atoms with Crippen LogP contribution in [-0.4, -0.2) is 49.4 Å². The van der Waals surface area contributed by atoms with Gasteiger partial charge in [-0.2, -0.15) is 0 Å². The predicted molar refractivity (Wildman–Crippen MR) is 108 cm³/mol. The van der Waals surface area contributed by atoms with Crippen molar-refractivity contribution in [3.8, 4) is 5.75 Å². The fourth-order valence-electron chi connectivity index (χ4n) is 2.26. The fourth-order valence-corrected chi connectivity index (χ4v) is 2.93. The monoisotopic (exact) mass is 411 g/mol. The smallest absolute Gasteiger partial charge is 0.290 e. The topological polar surface area (TPSA) is 82.0 Å². The number of nitrogens with one attached hydrogen (secondary N) is 1. The van der Waals surface area contributed by atoms with Crippen LogP contribution in [0.1, 0.15) is 13.8 Å². The molecular weight excluding hydrogens is 390 g/mol. The molecule has 1 atom stereocenters. The number of rotatable bonds is 8. The molecule has 1 amide bonds. The van der Waals surface area contributed by atoms with E-state index in [0.29, 0.717) is 16.3 Å². The van der Waals surface area contributed by atoms with E-state index in [1.807, 2.05) is 12.3 Å². The highest BCUT2D eigenvalue weighted by atomic mass is 35.5. The Bertz CT molecular complexity index is 845. The minimum atomic E-state index is -1.16. The van der Waals surface area contributed by atoms with Crippen LogP contribution in [-0.2, 0) is 14.4 Å². The maximum absolute atomic E-state index is 12.5. The van der Waals surface area contributed by atoms with Crippen molar-refractivity contribution in [1.82, 2.24) is 10.3 Å². The van der Waals surface area contributed by atoms with Crippen molar-refractivity contribution in [2.75, 3.05) is 20.5 Å². The maximum Gasteiger partial charge on any atom is 0.290 e. The van der Waals surface area contributed by atoms with E-state index in [9.17, 15) is 4.79 Å². The third kappa shape index (κ3) is 5.72. The lowest BCUT2D eigenvalue weighted by Crippen LogP contribution is -2.51. The summed E-state index contributed by atoms with van der Waals surface area (Å²) < 4.78 is 10.9. The first kappa shape index (κ1) is 21.3. The van der Waals surface area contributed by atoms with Gasteiger partial charge in [0.25, 0.3) is 12.2 Å². The quantitative estimate of drug-likeness (QED) is 0.310. The first-order valence-electron chi connectivity index (χ1n) is 8.02. The molecule has 0 bridgehead atoms. The Hall–Kier alpha value is -2.03. The zero-order valence-corrected chi connectivity index (χ0v) is 17.4. The third-order valence-electron chi connectivity index (χ3n) is 3.52. The van der Waals surface area contributed by atoms with Gasteiger partial charge in [-0.15, -0.1) is 11.8 Å². The number of methoxy groups -OCH3 is 1. The van der Waals surface area contributed by atoms with Crippen LogP contribution in [0.2, 0.25) is 5.02 Å². The van der Waals surface area contributed by atoms with Crippen molar-refractivity contribution >= 4 is 46.4 Å². The summed E-state index contributed by atoms with van der Waals surface area (Å²) in [4.78, 5) is 22.5. The minimum absolute atomic E-state index is 0.401. The van der Waals surface area contributed by atoms with Gasteiger partial charge in [0.1, 0.15) is 12.9 Å². The fraction of sp³-hybridized carbons (Fsp3) is 0.389. The molecule has 1 N–H and O–H groups in total. The van der Waals surface area contributed by atoms with E-state index in [0.717, 1.165) is 10.3 Å². The molecule has 0 aliphatic heterocycles. The van der Waals surface area contributed by atoms with Gasteiger partial charge in [0, 0.05) is 29.7 Å². The number of amides is 1. The zero-order valence-electron chi connectivity index (χ0n) is 15.8. The van der Waals surface area contributed by atoms with Gasteiger partial charge in [0.05, 0.1) is 22.3 Å². The van der Waals surface area contributed by atoms with Gasteiger partial charge in [-0.05, 0) is 32.2 Å². The van der Waals surface area contributed by atoms with E-state index in [2.05, 4.69) is 20.3 Å². The van der Waals surface area contributed by atoms with E-state index < -0.39 is 17.7 Å². The number of ether oxygens (including phenoxy) is 2. The molecule has 2 rings (SSSR count). The van der Waals surface area contributed by atoms with Crippen LogP contribution in [0.25, 0.3) is 10.9 Å². The van der Waals surface area contributed by atoms with E-state index in [1.165, 1.54) is 20.4 Å². The first-order valence-corrected chi connectivity index (χ1v) is 9.62. The van der Waals surface area contributed by atoms with Gasteiger partial charge < -0.3 is 19.6 Å². The highest BCUT2D eigenvalue weighted by Crippen LogP contribution is 2.30. The number of halogens is 1. The van der Waals surface area contributed by atoms with Crippen LogP contribution in [0, 0.1) is 0 Å². The summed E-state index contributed by atoms with van der Waals surface area (Å²) in [5.74, 6) is -0.0600. The number of thioether (sulfide) groups is 1. The summed E-state index contributed by atoms with van der Waals surface area (Å²) in [6.07, 6.45) is 4.03. The van der Waals surface area contributed by atoms with E-state index in [4.69, 9.17) is 21.1 Å². The largest absolute Gasteiger partial charge is 0.455 e. The van der Waals surface area contributed by atoms with Gasteiger partial charge in [0.15, 0.2) is 0 Å². The Balaban J connectivity index is 2.22. The molecule has 0 radical (unpaired) electrons. The lowest BCUT2D eigenvalue weighted by molar-refractivity contribution is -0.149. The van der Waals surface area contributed by atoms with Crippen LogP contribution >= 0.6 is 23.4 Å². The van der Waals surface area contributed by atoms with Gasteiger partial charge in [0.2, 0.25) is 0 Å². The Morgan fingerprint density at radius 1 is 1.37 bits per heavy atom. The van der Waals surface area contributed by atoms with Crippen LogP contribution in [0.4, 0.5) is 0 Å². The molecule has 1 aromatic carbocycles. The second-order valence-electron chi connectivity index (χ2n) is 6.17. The second-order valence-corrected chi connectivity index (χ2v) is 7.45. The normalized spacial score (nSPS) is 13.0. The molecule has 2 aromatic rings. The molecule has 1 unspecified atom stereocenters. The number of benzene rings is 1. The Morgan fingerprint density at radius 3 is 2.74 bits per heavy atom. The molecule has 7 nitrogen and oxygen atoms in total. The van der Waals surface area contributed by atoms with Gasteiger partial charge in [-0.1, -0.05) is 16.8 Å². The van der Waals surface area contributed by atoms with Crippen molar-refractivity contribution in [2.24, 2.45) is 5.16 Å². The molecule has 0 aliphatic rings. The number of carbonyl (C=O) groups is 1. The van der Waals surface area contributed by atoms with Crippen molar-refractivity contribution in [3.05, 3.63) is 29.4 Å². The molecule has 0 aliphatic carbocycles. The maximum atomic E-state index is 12.5. The lowest BCUT2D eigenvalue weighted by Gasteiger charge is -2.24. The number of fused-ring (bicyclic) bond motifs is 1. The van der Waals surface area contributed by atoms with Gasteiger partial charge >= 0.3 is 0 Å². The number of aromatic nitrogens is 1. The van der Waals surface area contributed by atoms with Crippen molar-refractivity contribution in [3.63, 3.8) is 0 Å². The summed E-state index contributed by atoms with van der Waals surface area (Å²) >= 11 is 7.88. The Morgan fingerprint density at radius 2 is 2.11 bits per heavy atom. The molecule has 9 heteroatoms. The summed E-state index contributed by atoms with van der Waals surface area (Å²) in [7, 11) is 2.81. The summed E-state index contributed by atoms with van der Waals surface area (Å²) in [5.41, 5.74) is -0.0806. The highest BCUT2D eigenvalue weighted by Gasteiger charge is 2.26. The van der Waals surface area contributed by atoms with Crippen LogP contribution in [0.5, 0.6) is 5.75 Å². The van der Waals surface area contributed by atoms with Gasteiger partial charge in [-0.25, -0.2) is 0 Å². The van der Waals surface area contributed by atoms with Crippen LogP contribution in [0.15, 0.2) is 34.4 Å². The van der Waals surface area contributed by atoms with Crippen LogP contribution < -0.4 is 10.1 Å². The molecular formula is C18H22ClN3O4S. The number of hydrogen-bond donors (Lipinski definition) is 1. The zero-order chi connectivity index (χ0) is 20.0. The van der Waals surface area contributed by atoms with Crippen molar-refractivity contribution < 1.29 is 19.1 Å². The van der Waals surface area contributed by atoms with E-state index in [-0.39, 0.29) is 0 Å². The van der Waals surface area contributed by atoms with E-state index >= 15 is 0 Å². The molecule has 0 saturated heterocycles. The van der Waals surface area contributed by atoms with Crippen molar-refractivity contribution in [1.29, 1.82) is 0 Å². The number of hydrogen-bond acceptors (Lipinski definition) is 7. The number of nitrogens with zero attached hydrogens (tertiary/aromatic N) is 2. The SMILES string of the molecule is CON=CC(C)(C)NC(=O)C(OC)Oc1cc(Cl)c2ncc(SC)cc2c1. The summed E-state index contributed by atoms with van der Waals surface area (Å²) in [5, 5.41) is 7.69. The minimum Gasteiger partial charge on any atom is -0.455 e. The third-order valence-corrected chi connectivity index (χ3v) is 4.50. The second kappa shape index (κ2) is 9.25. The highest BCUT2D eigenvalue weighted by molar-refractivity contribution is 7.98. The first-order chi connectivity index (χ1) is 12.8. The standard InChI is InChI=1S/C18H22ClN3O4S/c1-18(2,10-21-25-4)22-16(23)17(24-3)26-12-6-11-7-13(27-5)9-20-15(11)14(19)8-12/h6-10,17H,1-5H3,(H,22,23). The number of carbonyl (C=O) groups excluding carboxylic acids is 1. The molecule has 146 valence electrons. The molecule has 0 saturated carbocycles. The lowest BCUT2D eigenvalue weighted by atomic mass is 10.1. The van der Waals surface area contributed by atoms with Gasteiger partial charge in [-0.3, -0.25) is 9.78 Å². The average molecular weight is 412 g/mol. The average Bonchev–Trinajstić information content (AvgIpc) is 2.63. The predicted octanol–water partition coefficient (Wildman–Crippen LogP) is 3.49. The number of pyridine rings is 1. The molecule has 0 fully saturated rings. The van der Waals surface area contributed by atoms with Crippen LogP contribution in [0.3, 0.4) is 0 Å². The molecule has 27 heavy (non-hydrogen) atoms. The summed E-state index contributed by atoms with van der Waals surface area (Å²) in [6.45, 7) is 3.53.